The van der Waals surface area contributed by atoms with Crippen LogP contribution in [0, 0.1) is 35.0 Å². The van der Waals surface area contributed by atoms with Gasteiger partial charge >= 0.3 is 0 Å². The van der Waals surface area contributed by atoms with Crippen LogP contribution in [0.2, 0.25) is 0 Å². The lowest BCUT2D eigenvalue weighted by Crippen LogP contribution is -2.55. The van der Waals surface area contributed by atoms with Crippen LogP contribution in [-0.2, 0) is 14.4 Å². The Morgan fingerprint density at radius 3 is 2.07 bits per heavy atom. The van der Waals surface area contributed by atoms with E-state index in [1.807, 2.05) is 6.26 Å². The van der Waals surface area contributed by atoms with Crippen molar-refractivity contribution in [2.24, 2.45) is 35.0 Å². The zero-order chi connectivity index (χ0) is 20.9. The van der Waals surface area contributed by atoms with Crippen LogP contribution >= 0.6 is 11.8 Å². The van der Waals surface area contributed by atoms with Crippen LogP contribution in [-0.4, -0.2) is 47.2 Å². The zero-order valence-electron chi connectivity index (χ0n) is 18.2. The molecule has 1 heterocycles. The fraction of sp³-hybridized carbons (Fsp3) is 0.875. The number of likely N-dealkylation sites (tertiary alicyclic amines) is 1. The van der Waals surface area contributed by atoms with Crippen molar-refractivity contribution in [1.82, 2.24) is 10.2 Å². The normalized spacial score (nSPS) is 40.6. The van der Waals surface area contributed by atoms with Crippen LogP contribution in [0.4, 0.5) is 0 Å². The Bertz CT molecular complexity index is 664. The van der Waals surface area contributed by atoms with Gasteiger partial charge in [-0.2, -0.15) is 11.8 Å². The van der Waals surface area contributed by atoms with E-state index in [0.29, 0.717) is 6.42 Å². The van der Waals surface area contributed by atoms with Gasteiger partial charge in [0, 0.05) is 6.54 Å². The molecule has 3 unspecified atom stereocenters. The highest BCUT2D eigenvalue weighted by Gasteiger charge is 2.53. The SMILES string of the molecule is CSCCC(C(=O)NCC12CC3CC(CC(C3)C1)C2)N1C(=O)C2CCCCC2C1=O. The quantitative estimate of drug-likeness (QED) is 0.624. The summed E-state index contributed by atoms with van der Waals surface area (Å²) < 4.78 is 0. The number of nitrogens with one attached hydrogen (secondary N) is 1. The summed E-state index contributed by atoms with van der Waals surface area (Å²) in [6.45, 7) is 0.730. The average molecular weight is 433 g/mol. The van der Waals surface area contributed by atoms with Crippen molar-refractivity contribution in [3.05, 3.63) is 0 Å². The molecule has 5 aliphatic carbocycles. The summed E-state index contributed by atoms with van der Waals surface area (Å²) in [5.74, 6) is 2.71. The summed E-state index contributed by atoms with van der Waals surface area (Å²) in [4.78, 5) is 40.9. The second-order valence-electron chi connectivity index (χ2n) is 11.0. The molecule has 6 heteroatoms. The van der Waals surface area contributed by atoms with Gasteiger partial charge in [-0.3, -0.25) is 19.3 Å². The first kappa shape index (κ1) is 20.8. The monoisotopic (exact) mass is 432 g/mol. The smallest absolute Gasteiger partial charge is 0.243 e. The predicted molar refractivity (Wildman–Crippen MR) is 118 cm³/mol. The number of amides is 3. The fourth-order valence-electron chi connectivity index (χ4n) is 8.00. The first-order valence-electron chi connectivity index (χ1n) is 12.1. The maximum Gasteiger partial charge on any atom is 0.243 e. The largest absolute Gasteiger partial charge is 0.354 e. The van der Waals surface area contributed by atoms with Crippen molar-refractivity contribution in [2.45, 2.75) is 76.7 Å². The number of fused-ring (bicyclic) bond motifs is 1. The van der Waals surface area contributed by atoms with Gasteiger partial charge in [0.25, 0.3) is 0 Å². The molecular weight excluding hydrogens is 396 g/mol. The Balaban J connectivity index is 1.29. The molecule has 0 radical (unpaired) electrons. The summed E-state index contributed by atoms with van der Waals surface area (Å²) >= 11 is 1.67. The van der Waals surface area contributed by atoms with Crippen molar-refractivity contribution >= 4 is 29.5 Å². The molecule has 0 spiro atoms. The molecule has 5 saturated carbocycles. The lowest BCUT2D eigenvalue weighted by atomic mass is 9.49. The molecule has 0 aromatic carbocycles. The molecule has 6 fully saturated rings. The minimum absolute atomic E-state index is 0.0826. The Labute approximate surface area is 184 Å². The van der Waals surface area contributed by atoms with Gasteiger partial charge in [-0.1, -0.05) is 12.8 Å². The number of hydrogen-bond donors (Lipinski definition) is 1. The molecule has 166 valence electrons. The number of carbonyl (C=O) groups excluding carboxylic acids is 3. The van der Waals surface area contributed by atoms with E-state index in [-0.39, 0.29) is 35.0 Å². The van der Waals surface area contributed by atoms with E-state index < -0.39 is 6.04 Å². The number of imide groups is 1. The standard InChI is InChI=1S/C24H36N2O3S/c1-30-7-6-20(26-22(28)18-4-2-3-5-19(18)23(26)29)21(27)25-14-24-11-15-8-16(12-24)10-17(9-15)13-24/h15-20H,2-14H2,1H3,(H,25,27). The average Bonchev–Trinajstić information content (AvgIpc) is 2.97. The Morgan fingerprint density at radius 1 is 1.03 bits per heavy atom. The van der Waals surface area contributed by atoms with Crippen molar-refractivity contribution in [3.8, 4) is 0 Å². The van der Waals surface area contributed by atoms with E-state index in [0.717, 1.165) is 55.7 Å². The van der Waals surface area contributed by atoms with E-state index in [1.165, 1.54) is 43.4 Å². The third-order valence-corrected chi connectivity index (χ3v) is 9.53. The van der Waals surface area contributed by atoms with Crippen molar-refractivity contribution in [2.75, 3.05) is 18.6 Å². The molecule has 3 amide bonds. The molecule has 6 aliphatic rings. The van der Waals surface area contributed by atoms with E-state index in [9.17, 15) is 14.4 Å². The molecule has 5 nitrogen and oxygen atoms in total. The minimum atomic E-state index is -0.628. The molecule has 1 N–H and O–H groups in total. The molecule has 1 saturated heterocycles. The second-order valence-corrected chi connectivity index (χ2v) is 12.0. The highest BCUT2D eigenvalue weighted by atomic mass is 32.2. The van der Waals surface area contributed by atoms with Crippen LogP contribution in [0.15, 0.2) is 0 Å². The molecule has 6 rings (SSSR count). The zero-order valence-corrected chi connectivity index (χ0v) is 19.1. The van der Waals surface area contributed by atoms with Gasteiger partial charge in [-0.05, 0) is 93.0 Å². The Hall–Kier alpha value is -1.04. The van der Waals surface area contributed by atoms with E-state index in [1.54, 1.807) is 11.8 Å². The van der Waals surface area contributed by atoms with Crippen LogP contribution in [0.5, 0.6) is 0 Å². The van der Waals surface area contributed by atoms with Gasteiger partial charge in [0.2, 0.25) is 17.7 Å². The van der Waals surface area contributed by atoms with E-state index in [2.05, 4.69) is 5.32 Å². The molecular formula is C24H36N2O3S. The third kappa shape index (κ3) is 3.61. The summed E-state index contributed by atoms with van der Waals surface area (Å²) in [7, 11) is 0. The topological polar surface area (TPSA) is 66.5 Å². The highest BCUT2D eigenvalue weighted by molar-refractivity contribution is 7.98. The fourth-order valence-corrected chi connectivity index (χ4v) is 8.46. The van der Waals surface area contributed by atoms with Crippen LogP contribution < -0.4 is 5.32 Å². The summed E-state index contributed by atoms with van der Waals surface area (Å²) in [5.41, 5.74) is 0.265. The van der Waals surface area contributed by atoms with Gasteiger partial charge < -0.3 is 5.32 Å². The van der Waals surface area contributed by atoms with E-state index in [4.69, 9.17) is 0 Å². The molecule has 4 bridgehead atoms. The van der Waals surface area contributed by atoms with Gasteiger partial charge in [-0.15, -0.1) is 0 Å². The van der Waals surface area contributed by atoms with Crippen molar-refractivity contribution < 1.29 is 14.4 Å². The number of carbonyl (C=O) groups is 3. The van der Waals surface area contributed by atoms with Gasteiger partial charge in [0.15, 0.2) is 0 Å². The van der Waals surface area contributed by atoms with Crippen LogP contribution in [0.1, 0.15) is 70.6 Å². The first-order chi connectivity index (χ1) is 14.5. The molecule has 30 heavy (non-hydrogen) atoms. The minimum Gasteiger partial charge on any atom is -0.354 e. The van der Waals surface area contributed by atoms with Crippen molar-refractivity contribution in [1.29, 1.82) is 0 Å². The molecule has 1 aliphatic heterocycles. The summed E-state index contributed by atoms with van der Waals surface area (Å²) in [6, 6.07) is -0.628. The van der Waals surface area contributed by atoms with Gasteiger partial charge in [0.05, 0.1) is 11.8 Å². The highest BCUT2D eigenvalue weighted by Crippen LogP contribution is 2.59. The Morgan fingerprint density at radius 2 is 1.57 bits per heavy atom. The lowest BCUT2D eigenvalue weighted by Gasteiger charge is -2.57. The molecule has 3 atom stereocenters. The summed E-state index contributed by atoms with van der Waals surface area (Å²) in [5, 5.41) is 3.25. The van der Waals surface area contributed by atoms with Crippen LogP contribution in [0.25, 0.3) is 0 Å². The number of nitrogens with zero attached hydrogens (tertiary/aromatic N) is 1. The van der Waals surface area contributed by atoms with Crippen molar-refractivity contribution in [3.63, 3.8) is 0 Å². The number of thioether (sulfide) groups is 1. The maximum atomic E-state index is 13.4. The predicted octanol–water partition coefficient (Wildman–Crippen LogP) is 3.62. The second kappa shape index (κ2) is 8.14. The molecule has 0 aromatic rings. The van der Waals surface area contributed by atoms with Gasteiger partial charge in [0.1, 0.15) is 6.04 Å². The first-order valence-corrected chi connectivity index (χ1v) is 13.5. The van der Waals surface area contributed by atoms with E-state index >= 15 is 0 Å². The maximum absolute atomic E-state index is 13.4. The molecule has 0 aromatic heterocycles. The van der Waals surface area contributed by atoms with Crippen LogP contribution in [0.3, 0.4) is 0 Å². The summed E-state index contributed by atoms with van der Waals surface area (Å²) in [6.07, 6.45) is 14.1. The lowest BCUT2D eigenvalue weighted by molar-refractivity contribution is -0.148. The third-order valence-electron chi connectivity index (χ3n) is 8.89. The Kier molecular flexibility index (Phi) is 5.66. The number of hydrogen-bond acceptors (Lipinski definition) is 4. The number of rotatable bonds is 7. The van der Waals surface area contributed by atoms with Gasteiger partial charge in [-0.25, -0.2) is 0 Å².